The van der Waals surface area contributed by atoms with Crippen LogP contribution in [0, 0.1) is 17.0 Å². The van der Waals surface area contributed by atoms with Gasteiger partial charge in [0.05, 0.1) is 4.92 Å². The number of carbonyl (C=O) groups excluding carboxylic acids is 1. The molecule has 8 heteroatoms. The van der Waals surface area contributed by atoms with Crippen LogP contribution in [0.1, 0.15) is 21.5 Å². The number of non-ortho nitro benzene ring substituents is 1. The molecular formula is C20H17N3O5. The van der Waals surface area contributed by atoms with Gasteiger partial charge in [0.25, 0.3) is 17.2 Å². The number of hydrogen-bond acceptors (Lipinski definition) is 5. The zero-order chi connectivity index (χ0) is 20.1. The highest BCUT2D eigenvalue weighted by Crippen LogP contribution is 2.15. The van der Waals surface area contributed by atoms with Gasteiger partial charge in [-0.3, -0.25) is 19.7 Å². The third-order valence-electron chi connectivity index (χ3n) is 3.99. The van der Waals surface area contributed by atoms with E-state index in [0.29, 0.717) is 5.69 Å². The van der Waals surface area contributed by atoms with Crippen molar-refractivity contribution in [3.8, 4) is 0 Å². The molecule has 0 aliphatic heterocycles. The molecule has 142 valence electrons. The predicted octanol–water partition coefficient (Wildman–Crippen LogP) is 2.95. The molecule has 0 spiro atoms. The quantitative estimate of drug-likeness (QED) is 0.524. The molecule has 1 N–H and O–H groups in total. The van der Waals surface area contributed by atoms with E-state index < -0.39 is 16.4 Å². The maximum Gasteiger partial charge on any atom is 0.295 e. The smallest absolute Gasteiger partial charge is 0.295 e. The fraction of sp³-hybridized carbons (Fsp3) is 0.100. The van der Waals surface area contributed by atoms with E-state index in [4.69, 9.17) is 4.84 Å². The third-order valence-corrected chi connectivity index (χ3v) is 3.99. The molecule has 0 aliphatic carbocycles. The molecule has 0 saturated carbocycles. The first-order valence-electron chi connectivity index (χ1n) is 8.40. The number of benzene rings is 2. The van der Waals surface area contributed by atoms with Crippen molar-refractivity contribution in [3.05, 3.63) is 104 Å². The first kappa shape index (κ1) is 18.8. The van der Waals surface area contributed by atoms with Crippen LogP contribution in [0.4, 0.5) is 11.4 Å². The number of nitro groups is 1. The van der Waals surface area contributed by atoms with Crippen LogP contribution in [0.2, 0.25) is 0 Å². The number of pyridine rings is 1. The summed E-state index contributed by atoms with van der Waals surface area (Å²) in [5, 5.41) is 13.2. The Morgan fingerprint density at radius 3 is 2.43 bits per heavy atom. The van der Waals surface area contributed by atoms with Crippen LogP contribution in [0.3, 0.4) is 0 Å². The molecule has 0 bridgehead atoms. The van der Waals surface area contributed by atoms with Gasteiger partial charge in [0, 0.05) is 24.0 Å². The molecule has 2 aromatic carbocycles. The van der Waals surface area contributed by atoms with E-state index >= 15 is 0 Å². The topological polar surface area (TPSA) is 103 Å². The average molecular weight is 379 g/mol. The highest BCUT2D eigenvalue weighted by molar-refractivity contribution is 6.04. The molecule has 1 aromatic heterocycles. The molecule has 28 heavy (non-hydrogen) atoms. The van der Waals surface area contributed by atoms with Crippen LogP contribution in [0.15, 0.2) is 71.7 Å². The van der Waals surface area contributed by atoms with E-state index in [1.165, 1.54) is 42.6 Å². The molecule has 8 nitrogen and oxygen atoms in total. The lowest BCUT2D eigenvalue weighted by atomic mass is 10.2. The lowest BCUT2D eigenvalue weighted by Crippen LogP contribution is -2.32. The lowest BCUT2D eigenvalue weighted by molar-refractivity contribution is -0.384. The highest BCUT2D eigenvalue weighted by Gasteiger charge is 2.14. The van der Waals surface area contributed by atoms with E-state index in [0.717, 1.165) is 15.9 Å². The van der Waals surface area contributed by atoms with Crippen molar-refractivity contribution in [3.63, 3.8) is 0 Å². The summed E-state index contributed by atoms with van der Waals surface area (Å²) in [7, 11) is 0. The van der Waals surface area contributed by atoms with Crippen LogP contribution < -0.4 is 15.7 Å². The minimum Gasteiger partial charge on any atom is -0.406 e. The normalized spacial score (nSPS) is 10.3. The Hall–Kier alpha value is -3.94. The summed E-state index contributed by atoms with van der Waals surface area (Å²) in [6.07, 6.45) is 1.43. The van der Waals surface area contributed by atoms with E-state index in [1.807, 2.05) is 31.2 Å². The number of aromatic nitrogens is 1. The lowest BCUT2D eigenvalue weighted by Gasteiger charge is -2.10. The van der Waals surface area contributed by atoms with Gasteiger partial charge in [-0.2, -0.15) is 4.73 Å². The van der Waals surface area contributed by atoms with Crippen molar-refractivity contribution in [2.24, 2.45) is 0 Å². The molecule has 3 aromatic rings. The fourth-order valence-corrected chi connectivity index (χ4v) is 2.44. The van der Waals surface area contributed by atoms with Crippen LogP contribution in [0.5, 0.6) is 0 Å². The van der Waals surface area contributed by atoms with Gasteiger partial charge in [0.2, 0.25) is 0 Å². The maximum atomic E-state index is 12.5. The number of carbonyl (C=O) groups is 1. The zero-order valence-electron chi connectivity index (χ0n) is 15.0. The first-order chi connectivity index (χ1) is 13.4. The summed E-state index contributed by atoms with van der Waals surface area (Å²) in [5.41, 5.74) is 1.54. The number of aryl methyl sites for hydroxylation is 1. The van der Waals surface area contributed by atoms with Crippen molar-refractivity contribution in [2.45, 2.75) is 13.5 Å². The highest BCUT2D eigenvalue weighted by atomic mass is 16.7. The molecule has 0 fully saturated rings. The van der Waals surface area contributed by atoms with Crippen LogP contribution in [0.25, 0.3) is 0 Å². The Balaban J connectivity index is 1.72. The number of amides is 1. The Bertz CT molecular complexity index is 1060. The number of nitrogens with one attached hydrogen (secondary N) is 1. The molecule has 0 unspecified atom stereocenters. The predicted molar refractivity (Wildman–Crippen MR) is 103 cm³/mol. The van der Waals surface area contributed by atoms with Gasteiger partial charge in [0.15, 0.2) is 0 Å². The van der Waals surface area contributed by atoms with E-state index in [2.05, 4.69) is 5.32 Å². The second kappa shape index (κ2) is 8.17. The number of nitrogens with zero attached hydrogens (tertiary/aromatic N) is 2. The summed E-state index contributed by atoms with van der Waals surface area (Å²) in [6.45, 7) is 2.15. The monoisotopic (exact) mass is 379 g/mol. The number of hydrogen-bond donors (Lipinski definition) is 1. The fourth-order valence-electron chi connectivity index (χ4n) is 2.44. The summed E-state index contributed by atoms with van der Waals surface area (Å²) in [5.74, 6) is -0.632. The summed E-state index contributed by atoms with van der Waals surface area (Å²) in [4.78, 5) is 40.6. The van der Waals surface area contributed by atoms with Crippen molar-refractivity contribution in [2.75, 3.05) is 5.32 Å². The first-order valence-corrected chi connectivity index (χ1v) is 8.40. The molecule has 3 rings (SSSR count). The largest absolute Gasteiger partial charge is 0.406 e. The average Bonchev–Trinajstić information content (AvgIpc) is 2.69. The van der Waals surface area contributed by atoms with Gasteiger partial charge in [-0.05, 0) is 36.8 Å². The second-order valence-corrected chi connectivity index (χ2v) is 6.07. The third kappa shape index (κ3) is 4.42. The van der Waals surface area contributed by atoms with Gasteiger partial charge in [-0.15, -0.1) is 0 Å². The zero-order valence-corrected chi connectivity index (χ0v) is 15.0. The van der Waals surface area contributed by atoms with Crippen LogP contribution in [-0.2, 0) is 6.61 Å². The molecule has 0 atom stereocenters. The summed E-state index contributed by atoms with van der Waals surface area (Å²) in [6, 6.07) is 15.9. The molecular weight excluding hydrogens is 362 g/mol. The minimum atomic E-state index is -0.632. The van der Waals surface area contributed by atoms with E-state index in [-0.39, 0.29) is 17.9 Å². The Labute approximate surface area is 160 Å². The van der Waals surface area contributed by atoms with Crippen LogP contribution >= 0.6 is 0 Å². The minimum absolute atomic E-state index is 0.0930. The maximum absolute atomic E-state index is 12.5. The molecule has 1 heterocycles. The Kier molecular flexibility index (Phi) is 5.50. The van der Waals surface area contributed by atoms with Crippen molar-refractivity contribution in [1.82, 2.24) is 4.73 Å². The van der Waals surface area contributed by atoms with Crippen molar-refractivity contribution < 1.29 is 14.6 Å². The Morgan fingerprint density at radius 1 is 1.11 bits per heavy atom. The van der Waals surface area contributed by atoms with Gasteiger partial charge in [-0.25, -0.2) is 0 Å². The van der Waals surface area contributed by atoms with Gasteiger partial charge < -0.3 is 10.2 Å². The summed E-state index contributed by atoms with van der Waals surface area (Å²) >= 11 is 0. The van der Waals surface area contributed by atoms with Crippen molar-refractivity contribution >= 4 is 17.3 Å². The molecule has 0 saturated heterocycles. The van der Waals surface area contributed by atoms with Gasteiger partial charge >= 0.3 is 0 Å². The van der Waals surface area contributed by atoms with E-state index in [9.17, 15) is 19.7 Å². The number of rotatable bonds is 6. The van der Waals surface area contributed by atoms with Crippen LogP contribution in [-0.4, -0.2) is 15.6 Å². The molecule has 0 radical (unpaired) electrons. The molecule has 0 aliphatic rings. The van der Waals surface area contributed by atoms with Gasteiger partial charge in [0.1, 0.15) is 12.2 Å². The standard InChI is InChI=1S/C20H17N3O5/c1-14-4-6-15(7-5-14)13-28-22-12-2-3-18(20(22)25)19(24)21-16-8-10-17(11-9-16)23(26)27/h2-12H,13H2,1H3,(H,21,24). The SMILES string of the molecule is Cc1ccc(COn2cccc(C(=O)Nc3ccc([N+](=O)[O-])cc3)c2=O)cc1. The molecule has 1 amide bonds. The Morgan fingerprint density at radius 2 is 1.79 bits per heavy atom. The van der Waals surface area contributed by atoms with Gasteiger partial charge in [-0.1, -0.05) is 29.8 Å². The number of anilines is 1. The van der Waals surface area contributed by atoms with Crippen molar-refractivity contribution in [1.29, 1.82) is 0 Å². The summed E-state index contributed by atoms with van der Waals surface area (Å²) < 4.78 is 1.00. The second-order valence-electron chi connectivity index (χ2n) is 6.07. The number of nitro benzene ring substituents is 1. The van der Waals surface area contributed by atoms with E-state index in [1.54, 1.807) is 0 Å².